The summed E-state index contributed by atoms with van der Waals surface area (Å²) in [5, 5.41) is 3.03. The molecule has 4 heteroatoms. The van der Waals surface area contributed by atoms with Crippen LogP contribution in [0.1, 0.15) is 38.2 Å². The number of amides is 1. The Hall–Kier alpha value is -1.84. The number of carbonyl (C=O) groups is 1. The molecule has 1 unspecified atom stereocenters. The van der Waals surface area contributed by atoms with Gasteiger partial charge in [0, 0.05) is 6.04 Å². The van der Waals surface area contributed by atoms with Crippen LogP contribution in [0.3, 0.4) is 0 Å². The molecule has 2 heterocycles. The third-order valence-electron chi connectivity index (χ3n) is 3.37. The Morgan fingerprint density at radius 3 is 2.78 bits per heavy atom. The van der Waals surface area contributed by atoms with E-state index in [4.69, 9.17) is 0 Å². The van der Waals surface area contributed by atoms with Crippen molar-refractivity contribution in [3.05, 3.63) is 36.4 Å². The molecule has 4 nitrogen and oxygen atoms in total. The number of hydrogen-bond acceptors (Lipinski definition) is 1. The van der Waals surface area contributed by atoms with Crippen molar-refractivity contribution in [2.24, 2.45) is 5.41 Å². The first-order chi connectivity index (χ1) is 8.39. The van der Waals surface area contributed by atoms with E-state index >= 15 is 0 Å². The van der Waals surface area contributed by atoms with Crippen molar-refractivity contribution in [2.75, 3.05) is 0 Å². The number of fused-ring (bicyclic) bond motifs is 1. The Labute approximate surface area is 107 Å². The molecule has 0 saturated heterocycles. The third kappa shape index (κ3) is 2.37. The smallest absolute Gasteiger partial charge is 0.295 e. The van der Waals surface area contributed by atoms with E-state index in [1.165, 1.54) is 0 Å². The van der Waals surface area contributed by atoms with Crippen LogP contribution in [0, 0.1) is 5.41 Å². The van der Waals surface area contributed by atoms with Crippen molar-refractivity contribution in [2.45, 2.75) is 33.7 Å². The summed E-state index contributed by atoms with van der Waals surface area (Å²) in [6.07, 6.45) is 3.70. The lowest BCUT2D eigenvalue weighted by Gasteiger charge is -2.27. The van der Waals surface area contributed by atoms with E-state index in [-0.39, 0.29) is 17.4 Å². The third-order valence-corrected chi connectivity index (χ3v) is 3.37. The zero-order valence-electron chi connectivity index (χ0n) is 11.3. The first-order valence-corrected chi connectivity index (χ1v) is 6.18. The van der Waals surface area contributed by atoms with Gasteiger partial charge in [0.15, 0.2) is 5.52 Å². The molecular formula is C14H20N3O+. The number of H-pyrrole nitrogens is 1. The van der Waals surface area contributed by atoms with E-state index in [1.807, 2.05) is 35.7 Å². The van der Waals surface area contributed by atoms with Crippen LogP contribution in [0.5, 0.6) is 0 Å². The van der Waals surface area contributed by atoms with Gasteiger partial charge in [-0.2, -0.15) is 0 Å². The van der Waals surface area contributed by atoms with Gasteiger partial charge in [0.05, 0.1) is 6.20 Å². The molecule has 1 atom stereocenters. The first kappa shape index (κ1) is 12.6. The van der Waals surface area contributed by atoms with E-state index in [2.05, 4.69) is 31.1 Å². The normalized spacial score (nSPS) is 13.6. The SMILES string of the molecule is CC(NC(=O)c1[nH]c[n+]2ccccc12)C(C)(C)C. The minimum atomic E-state index is -0.0638. The fourth-order valence-electron chi connectivity index (χ4n) is 1.66. The minimum Gasteiger partial charge on any atom is -0.346 e. The first-order valence-electron chi connectivity index (χ1n) is 6.18. The topological polar surface area (TPSA) is 49.0 Å². The van der Waals surface area contributed by atoms with Crippen molar-refractivity contribution in [1.29, 1.82) is 0 Å². The number of pyridine rings is 1. The highest BCUT2D eigenvalue weighted by atomic mass is 16.2. The van der Waals surface area contributed by atoms with E-state index in [1.54, 1.807) is 6.33 Å². The Morgan fingerprint density at radius 2 is 2.11 bits per heavy atom. The summed E-state index contributed by atoms with van der Waals surface area (Å²) in [4.78, 5) is 15.2. The van der Waals surface area contributed by atoms with Crippen LogP contribution in [0.25, 0.3) is 5.52 Å². The van der Waals surface area contributed by atoms with Gasteiger partial charge in [0.2, 0.25) is 12.0 Å². The quantitative estimate of drug-likeness (QED) is 0.781. The number of nitrogens with one attached hydrogen (secondary N) is 2. The van der Waals surface area contributed by atoms with Crippen molar-refractivity contribution < 1.29 is 9.20 Å². The summed E-state index contributed by atoms with van der Waals surface area (Å²) in [7, 11) is 0. The Balaban J connectivity index is 2.24. The second kappa shape index (κ2) is 4.44. The molecular weight excluding hydrogens is 226 g/mol. The summed E-state index contributed by atoms with van der Waals surface area (Å²) in [6, 6.07) is 5.89. The van der Waals surface area contributed by atoms with Crippen molar-refractivity contribution >= 4 is 11.4 Å². The average Bonchev–Trinajstić information content (AvgIpc) is 2.71. The van der Waals surface area contributed by atoms with Gasteiger partial charge in [-0.25, -0.2) is 9.38 Å². The second-order valence-corrected chi connectivity index (χ2v) is 5.70. The van der Waals surface area contributed by atoms with E-state index in [0.717, 1.165) is 5.52 Å². The Morgan fingerprint density at radius 1 is 1.39 bits per heavy atom. The standard InChI is InChI=1S/C14H19N3O/c1-10(14(2,3)4)16-13(18)12-11-7-5-6-8-17(11)9-15-12/h5-10H,1-4H3,(H,16,18)/p+1. The molecule has 1 amide bonds. The van der Waals surface area contributed by atoms with Crippen LogP contribution in [-0.2, 0) is 0 Å². The van der Waals surface area contributed by atoms with Gasteiger partial charge in [0.25, 0.3) is 5.91 Å². The molecule has 0 aliphatic heterocycles. The number of rotatable bonds is 2. The average molecular weight is 246 g/mol. The van der Waals surface area contributed by atoms with Crippen molar-refractivity contribution in [3.8, 4) is 0 Å². The maximum Gasteiger partial charge on any atom is 0.295 e. The zero-order chi connectivity index (χ0) is 13.3. The highest BCUT2D eigenvalue weighted by molar-refractivity contribution is 5.97. The highest BCUT2D eigenvalue weighted by Crippen LogP contribution is 2.19. The monoisotopic (exact) mass is 246 g/mol. The molecule has 0 spiro atoms. The number of carbonyl (C=O) groups excluding carboxylic acids is 1. The van der Waals surface area contributed by atoms with Gasteiger partial charge in [-0.3, -0.25) is 4.79 Å². The summed E-state index contributed by atoms with van der Waals surface area (Å²) in [5.41, 5.74) is 1.54. The molecule has 0 bridgehead atoms. The molecule has 0 saturated carbocycles. The van der Waals surface area contributed by atoms with Gasteiger partial charge in [-0.1, -0.05) is 26.8 Å². The summed E-state index contributed by atoms with van der Waals surface area (Å²) in [5.74, 6) is -0.0638. The van der Waals surface area contributed by atoms with Gasteiger partial charge >= 0.3 is 0 Å². The molecule has 0 aliphatic carbocycles. The summed E-state index contributed by atoms with van der Waals surface area (Å²) in [6.45, 7) is 8.36. The molecule has 0 aliphatic rings. The molecule has 0 aromatic carbocycles. The largest absolute Gasteiger partial charge is 0.346 e. The van der Waals surface area contributed by atoms with Gasteiger partial charge < -0.3 is 5.32 Å². The van der Waals surface area contributed by atoms with Crippen LogP contribution in [0.4, 0.5) is 0 Å². The van der Waals surface area contributed by atoms with Gasteiger partial charge in [-0.15, -0.1) is 0 Å². The lowest BCUT2D eigenvalue weighted by atomic mass is 9.88. The van der Waals surface area contributed by atoms with Crippen LogP contribution in [-0.4, -0.2) is 16.9 Å². The lowest BCUT2D eigenvalue weighted by Crippen LogP contribution is -2.41. The van der Waals surface area contributed by atoms with E-state index in [9.17, 15) is 4.79 Å². The molecule has 0 radical (unpaired) electrons. The van der Waals surface area contributed by atoms with Gasteiger partial charge in [-0.05, 0) is 24.5 Å². The zero-order valence-corrected chi connectivity index (χ0v) is 11.3. The van der Waals surface area contributed by atoms with E-state index < -0.39 is 0 Å². The summed E-state index contributed by atoms with van der Waals surface area (Å²) < 4.78 is 1.90. The molecule has 2 rings (SSSR count). The molecule has 2 aromatic heterocycles. The molecule has 0 fully saturated rings. The fraction of sp³-hybridized carbons (Fsp3) is 0.429. The number of aromatic nitrogens is 2. The van der Waals surface area contributed by atoms with E-state index in [0.29, 0.717) is 5.69 Å². The Bertz CT molecular complexity index is 566. The number of nitrogens with zero attached hydrogens (tertiary/aromatic N) is 1. The number of hydrogen-bond donors (Lipinski definition) is 2. The predicted molar refractivity (Wildman–Crippen MR) is 70.3 cm³/mol. The van der Waals surface area contributed by atoms with Crippen LogP contribution >= 0.6 is 0 Å². The van der Waals surface area contributed by atoms with Crippen LogP contribution in [0.2, 0.25) is 0 Å². The second-order valence-electron chi connectivity index (χ2n) is 5.70. The number of aromatic amines is 1. The fourth-order valence-corrected chi connectivity index (χ4v) is 1.66. The minimum absolute atomic E-state index is 0.0468. The van der Waals surface area contributed by atoms with Crippen molar-refractivity contribution in [1.82, 2.24) is 10.3 Å². The number of imidazole rings is 1. The van der Waals surface area contributed by atoms with Crippen LogP contribution < -0.4 is 9.72 Å². The lowest BCUT2D eigenvalue weighted by molar-refractivity contribution is -0.511. The molecule has 18 heavy (non-hydrogen) atoms. The molecule has 96 valence electrons. The highest BCUT2D eigenvalue weighted by Gasteiger charge is 2.25. The molecule has 2 aromatic rings. The van der Waals surface area contributed by atoms with Crippen LogP contribution in [0.15, 0.2) is 30.7 Å². The maximum absolute atomic E-state index is 12.2. The summed E-state index contributed by atoms with van der Waals surface area (Å²) >= 11 is 0. The van der Waals surface area contributed by atoms with Gasteiger partial charge in [0.1, 0.15) is 0 Å². The maximum atomic E-state index is 12.2. The van der Waals surface area contributed by atoms with Crippen molar-refractivity contribution in [3.63, 3.8) is 0 Å². The predicted octanol–water partition coefficient (Wildman–Crippen LogP) is 1.92. The molecule has 2 N–H and O–H groups in total. The Kier molecular flexibility index (Phi) is 3.11.